The van der Waals surface area contributed by atoms with Crippen LogP contribution in [0.5, 0.6) is 0 Å². The van der Waals surface area contributed by atoms with E-state index < -0.39 is 15.1 Å². The number of sulfone groups is 1. The molecule has 1 aliphatic rings. The summed E-state index contributed by atoms with van der Waals surface area (Å²) in [6, 6.07) is 6.55. The highest BCUT2D eigenvalue weighted by Gasteiger charge is 2.33. The number of fused-ring (bicyclic) bond motifs is 1. The van der Waals surface area contributed by atoms with Gasteiger partial charge in [0.2, 0.25) is 0 Å². The number of hydrogen-bond acceptors (Lipinski definition) is 6. The van der Waals surface area contributed by atoms with Crippen molar-refractivity contribution in [2.75, 3.05) is 19.8 Å². The van der Waals surface area contributed by atoms with Gasteiger partial charge in [0.05, 0.1) is 40.8 Å². The van der Waals surface area contributed by atoms with Crippen molar-refractivity contribution in [3.05, 3.63) is 42.2 Å². The second-order valence-electron chi connectivity index (χ2n) is 8.26. The summed E-state index contributed by atoms with van der Waals surface area (Å²) in [5.41, 5.74) is 2.65. The van der Waals surface area contributed by atoms with Crippen LogP contribution in [0.1, 0.15) is 31.1 Å². The van der Waals surface area contributed by atoms with Gasteiger partial charge in [0.15, 0.2) is 15.5 Å². The SMILES string of the molecule is CC(C)S(=O)(=O)c1ccc(-c2cnc3[nH]cc(C(=O)NCC4(C)COC4)c3n2)cc1. The predicted molar refractivity (Wildman–Crippen MR) is 113 cm³/mol. The van der Waals surface area contributed by atoms with Gasteiger partial charge in [-0.2, -0.15) is 0 Å². The van der Waals surface area contributed by atoms with Crippen molar-refractivity contribution in [1.29, 1.82) is 0 Å². The van der Waals surface area contributed by atoms with E-state index in [0.29, 0.717) is 42.2 Å². The van der Waals surface area contributed by atoms with Gasteiger partial charge in [0, 0.05) is 23.7 Å². The molecule has 1 aromatic carbocycles. The summed E-state index contributed by atoms with van der Waals surface area (Å²) in [5.74, 6) is -0.223. The molecule has 0 unspecified atom stereocenters. The van der Waals surface area contributed by atoms with Crippen molar-refractivity contribution in [1.82, 2.24) is 20.3 Å². The molecule has 0 atom stereocenters. The zero-order valence-corrected chi connectivity index (χ0v) is 17.9. The van der Waals surface area contributed by atoms with Crippen molar-refractivity contribution >= 4 is 26.9 Å². The van der Waals surface area contributed by atoms with E-state index in [1.807, 2.05) is 0 Å². The summed E-state index contributed by atoms with van der Waals surface area (Å²) >= 11 is 0. The Kier molecular flexibility index (Phi) is 5.11. The molecule has 30 heavy (non-hydrogen) atoms. The number of aromatic amines is 1. The molecular weight excluding hydrogens is 404 g/mol. The molecule has 3 heterocycles. The smallest absolute Gasteiger partial charge is 0.255 e. The van der Waals surface area contributed by atoms with Gasteiger partial charge in [-0.05, 0) is 26.0 Å². The summed E-state index contributed by atoms with van der Waals surface area (Å²) in [7, 11) is -3.34. The highest BCUT2D eigenvalue weighted by atomic mass is 32.2. The van der Waals surface area contributed by atoms with E-state index in [1.165, 1.54) is 0 Å². The predicted octanol–water partition coefficient (Wildman–Crippen LogP) is 2.57. The molecule has 1 saturated heterocycles. The molecule has 158 valence electrons. The number of aromatic nitrogens is 3. The third kappa shape index (κ3) is 3.70. The molecule has 3 aromatic rings. The molecule has 1 aliphatic heterocycles. The van der Waals surface area contributed by atoms with Crippen LogP contribution in [-0.2, 0) is 14.6 Å². The van der Waals surface area contributed by atoms with E-state index in [9.17, 15) is 13.2 Å². The summed E-state index contributed by atoms with van der Waals surface area (Å²) in [4.78, 5) is 24.9. The Morgan fingerprint density at radius 3 is 2.57 bits per heavy atom. The van der Waals surface area contributed by atoms with Crippen LogP contribution in [0.3, 0.4) is 0 Å². The fraction of sp³-hybridized carbons (Fsp3) is 0.381. The zero-order chi connectivity index (χ0) is 21.5. The molecule has 0 saturated carbocycles. The Morgan fingerprint density at radius 2 is 1.97 bits per heavy atom. The van der Waals surface area contributed by atoms with Crippen molar-refractivity contribution < 1.29 is 17.9 Å². The number of hydrogen-bond donors (Lipinski definition) is 2. The molecule has 1 fully saturated rings. The summed E-state index contributed by atoms with van der Waals surface area (Å²) in [6.07, 6.45) is 3.20. The largest absolute Gasteiger partial charge is 0.380 e. The van der Waals surface area contributed by atoms with E-state index in [0.717, 1.165) is 5.56 Å². The minimum absolute atomic E-state index is 0.0311. The van der Waals surface area contributed by atoms with Gasteiger partial charge in [-0.3, -0.25) is 4.79 Å². The minimum atomic E-state index is -3.34. The van der Waals surface area contributed by atoms with Crippen LogP contribution >= 0.6 is 0 Å². The molecule has 2 aromatic heterocycles. The maximum Gasteiger partial charge on any atom is 0.255 e. The summed E-state index contributed by atoms with van der Waals surface area (Å²) in [6.45, 7) is 7.16. The Hall–Kier alpha value is -2.78. The highest BCUT2D eigenvalue weighted by Crippen LogP contribution is 2.26. The van der Waals surface area contributed by atoms with Crippen LogP contribution in [-0.4, -0.2) is 54.3 Å². The number of nitrogens with zero attached hydrogens (tertiary/aromatic N) is 2. The number of H-pyrrole nitrogens is 1. The molecule has 2 N–H and O–H groups in total. The van der Waals surface area contributed by atoms with E-state index in [1.54, 1.807) is 50.5 Å². The fourth-order valence-electron chi connectivity index (χ4n) is 3.23. The molecule has 9 heteroatoms. The standard InChI is InChI=1S/C21H24N4O4S/c1-13(2)30(27,28)15-6-4-14(5-7-15)17-9-23-19-18(25-17)16(8-22-19)20(26)24-10-21(3)11-29-12-21/h4-9,13H,10-12H2,1-3H3,(H,22,23)(H,24,26). The maximum atomic E-state index is 12.7. The molecular formula is C21H24N4O4S. The molecule has 0 radical (unpaired) electrons. The Labute approximate surface area is 175 Å². The fourth-order valence-corrected chi connectivity index (χ4v) is 4.29. The zero-order valence-electron chi connectivity index (χ0n) is 17.1. The molecule has 0 spiro atoms. The summed E-state index contributed by atoms with van der Waals surface area (Å²) < 4.78 is 29.8. The topological polar surface area (TPSA) is 114 Å². The van der Waals surface area contributed by atoms with Gasteiger partial charge in [-0.15, -0.1) is 0 Å². The van der Waals surface area contributed by atoms with Crippen LogP contribution in [0.15, 0.2) is 41.6 Å². The van der Waals surface area contributed by atoms with Gasteiger partial charge in [-0.25, -0.2) is 18.4 Å². The number of carbonyl (C=O) groups is 1. The first-order valence-corrected chi connectivity index (χ1v) is 11.3. The van der Waals surface area contributed by atoms with Crippen LogP contribution in [0.25, 0.3) is 22.4 Å². The number of amides is 1. The number of carbonyl (C=O) groups excluding carboxylic acids is 1. The summed E-state index contributed by atoms with van der Waals surface area (Å²) in [5, 5.41) is 2.45. The lowest BCUT2D eigenvalue weighted by Gasteiger charge is -2.37. The molecule has 0 bridgehead atoms. The van der Waals surface area contributed by atoms with E-state index in [2.05, 4.69) is 27.2 Å². The van der Waals surface area contributed by atoms with Crippen LogP contribution < -0.4 is 5.32 Å². The van der Waals surface area contributed by atoms with E-state index in [-0.39, 0.29) is 16.2 Å². The van der Waals surface area contributed by atoms with Crippen LogP contribution in [0.4, 0.5) is 0 Å². The second kappa shape index (κ2) is 7.48. The molecule has 1 amide bonds. The monoisotopic (exact) mass is 428 g/mol. The first kappa shape index (κ1) is 20.5. The van der Waals surface area contributed by atoms with Crippen molar-refractivity contribution in [3.8, 4) is 11.3 Å². The van der Waals surface area contributed by atoms with Gasteiger partial charge in [0.1, 0.15) is 5.52 Å². The Balaban J connectivity index is 1.60. The average Bonchev–Trinajstić information content (AvgIpc) is 3.14. The lowest BCUT2D eigenvalue weighted by molar-refractivity contribution is -0.0978. The third-order valence-corrected chi connectivity index (χ3v) is 7.47. The van der Waals surface area contributed by atoms with Crippen LogP contribution in [0, 0.1) is 5.41 Å². The second-order valence-corrected chi connectivity index (χ2v) is 10.8. The third-order valence-electron chi connectivity index (χ3n) is 5.30. The number of nitrogens with one attached hydrogen (secondary N) is 2. The molecule has 4 rings (SSSR count). The Morgan fingerprint density at radius 1 is 1.27 bits per heavy atom. The minimum Gasteiger partial charge on any atom is -0.380 e. The van der Waals surface area contributed by atoms with E-state index in [4.69, 9.17) is 4.74 Å². The van der Waals surface area contributed by atoms with E-state index >= 15 is 0 Å². The average molecular weight is 429 g/mol. The first-order valence-electron chi connectivity index (χ1n) is 9.74. The van der Waals surface area contributed by atoms with Crippen LogP contribution in [0.2, 0.25) is 0 Å². The number of ether oxygens (including phenoxy) is 1. The molecule has 8 nitrogen and oxygen atoms in total. The first-order chi connectivity index (χ1) is 14.2. The highest BCUT2D eigenvalue weighted by molar-refractivity contribution is 7.92. The number of benzene rings is 1. The normalized spacial score (nSPS) is 15.9. The lowest BCUT2D eigenvalue weighted by Crippen LogP contribution is -2.48. The maximum absolute atomic E-state index is 12.7. The van der Waals surface area contributed by atoms with Gasteiger partial charge < -0.3 is 15.0 Å². The Bertz CT molecular complexity index is 1200. The lowest BCUT2D eigenvalue weighted by atomic mass is 9.89. The van der Waals surface area contributed by atoms with Gasteiger partial charge in [0.25, 0.3) is 5.91 Å². The molecule has 0 aliphatic carbocycles. The van der Waals surface area contributed by atoms with Crippen molar-refractivity contribution in [2.24, 2.45) is 5.41 Å². The van der Waals surface area contributed by atoms with Gasteiger partial charge >= 0.3 is 0 Å². The van der Waals surface area contributed by atoms with Crippen molar-refractivity contribution in [2.45, 2.75) is 30.9 Å². The quantitative estimate of drug-likeness (QED) is 0.624. The van der Waals surface area contributed by atoms with Crippen molar-refractivity contribution in [3.63, 3.8) is 0 Å². The van der Waals surface area contributed by atoms with Gasteiger partial charge in [-0.1, -0.05) is 19.1 Å². The number of rotatable bonds is 6.